The SMILES string of the molecule is CCCCCc1cc(C)c(CCCCCCCCCCCCC(=O)O[C@@H](CO)COC(=O)CCCCCCCCCCCCc2oc(CCCCC)c(C)c2C)o1. The van der Waals surface area contributed by atoms with Gasteiger partial charge < -0.3 is 23.4 Å². The third-order valence-electron chi connectivity index (χ3n) is 11.8. The van der Waals surface area contributed by atoms with Crippen LogP contribution in [0.3, 0.4) is 0 Å². The van der Waals surface area contributed by atoms with E-state index in [1.807, 2.05) is 0 Å². The van der Waals surface area contributed by atoms with Crippen molar-refractivity contribution in [2.45, 2.75) is 246 Å². The van der Waals surface area contributed by atoms with Crippen LogP contribution in [-0.4, -0.2) is 36.4 Å². The third-order valence-corrected chi connectivity index (χ3v) is 11.8. The molecule has 57 heavy (non-hydrogen) atoms. The van der Waals surface area contributed by atoms with Gasteiger partial charge in [0.1, 0.15) is 29.6 Å². The van der Waals surface area contributed by atoms with Crippen LogP contribution in [0.1, 0.15) is 233 Å². The molecule has 0 aromatic carbocycles. The van der Waals surface area contributed by atoms with Crippen LogP contribution >= 0.6 is 0 Å². The zero-order valence-corrected chi connectivity index (χ0v) is 37.6. The topological polar surface area (TPSA) is 99.1 Å². The molecule has 0 bridgehead atoms. The van der Waals surface area contributed by atoms with Crippen LogP contribution in [0.25, 0.3) is 0 Å². The highest BCUT2D eigenvalue weighted by Crippen LogP contribution is 2.25. The first-order valence-corrected chi connectivity index (χ1v) is 23.9. The Balaban J connectivity index is 1.35. The van der Waals surface area contributed by atoms with Gasteiger partial charge >= 0.3 is 11.9 Å². The Morgan fingerprint density at radius 3 is 1.40 bits per heavy atom. The van der Waals surface area contributed by atoms with E-state index in [1.54, 1.807) is 0 Å². The number of aliphatic hydroxyl groups is 1. The summed E-state index contributed by atoms with van der Waals surface area (Å²) in [4.78, 5) is 24.5. The van der Waals surface area contributed by atoms with Gasteiger partial charge in [0.2, 0.25) is 0 Å². The molecule has 0 saturated carbocycles. The normalized spacial score (nSPS) is 12.0. The lowest BCUT2D eigenvalue weighted by Gasteiger charge is -2.15. The zero-order valence-electron chi connectivity index (χ0n) is 37.6. The lowest BCUT2D eigenvalue weighted by molar-refractivity contribution is -0.161. The van der Waals surface area contributed by atoms with Gasteiger partial charge in [-0.1, -0.05) is 142 Å². The average molecular weight is 799 g/mol. The number of furan rings is 2. The molecule has 0 amide bonds. The number of ether oxygens (including phenoxy) is 2. The first kappa shape index (κ1) is 50.6. The Morgan fingerprint density at radius 1 is 0.526 bits per heavy atom. The van der Waals surface area contributed by atoms with Gasteiger partial charge in [0, 0.05) is 38.5 Å². The molecule has 2 rings (SSSR count). The first-order valence-electron chi connectivity index (χ1n) is 23.9. The maximum Gasteiger partial charge on any atom is 0.306 e. The molecule has 7 heteroatoms. The van der Waals surface area contributed by atoms with E-state index in [9.17, 15) is 14.7 Å². The van der Waals surface area contributed by atoms with Gasteiger partial charge in [0.25, 0.3) is 0 Å². The van der Waals surface area contributed by atoms with Crippen molar-refractivity contribution in [2.24, 2.45) is 0 Å². The summed E-state index contributed by atoms with van der Waals surface area (Å²) < 4.78 is 23.0. The maximum absolute atomic E-state index is 12.3. The number of aliphatic hydroxyl groups excluding tert-OH is 1. The molecule has 0 aliphatic heterocycles. The summed E-state index contributed by atoms with van der Waals surface area (Å²) in [6.45, 7) is 10.7. The number of hydrogen-bond donors (Lipinski definition) is 1. The molecule has 2 aromatic heterocycles. The highest BCUT2D eigenvalue weighted by atomic mass is 16.6. The predicted octanol–water partition coefficient (Wildman–Crippen LogP) is 14.1. The van der Waals surface area contributed by atoms with E-state index in [4.69, 9.17) is 18.3 Å². The molecule has 0 fully saturated rings. The van der Waals surface area contributed by atoms with Crippen molar-refractivity contribution in [1.82, 2.24) is 0 Å². The molecule has 1 N–H and O–H groups in total. The van der Waals surface area contributed by atoms with Gasteiger partial charge in [0.15, 0.2) is 6.10 Å². The van der Waals surface area contributed by atoms with E-state index in [0.717, 1.165) is 70.0 Å². The molecular formula is C50H86O7. The van der Waals surface area contributed by atoms with Gasteiger partial charge in [-0.25, -0.2) is 0 Å². The summed E-state index contributed by atoms with van der Waals surface area (Å²) >= 11 is 0. The molecular weight excluding hydrogens is 713 g/mol. The van der Waals surface area contributed by atoms with E-state index in [0.29, 0.717) is 12.8 Å². The molecule has 2 heterocycles. The van der Waals surface area contributed by atoms with E-state index < -0.39 is 6.10 Å². The molecule has 0 spiro atoms. The molecule has 7 nitrogen and oxygen atoms in total. The number of rotatable bonds is 38. The minimum absolute atomic E-state index is 0.0789. The third kappa shape index (κ3) is 24.2. The van der Waals surface area contributed by atoms with Gasteiger partial charge in [-0.15, -0.1) is 0 Å². The highest BCUT2D eigenvalue weighted by molar-refractivity contribution is 5.70. The van der Waals surface area contributed by atoms with Crippen LogP contribution in [0, 0.1) is 20.8 Å². The number of unbranched alkanes of at least 4 members (excludes halogenated alkanes) is 22. The summed E-state index contributed by atoms with van der Waals surface area (Å²) in [7, 11) is 0. The van der Waals surface area contributed by atoms with Crippen molar-refractivity contribution in [3.63, 3.8) is 0 Å². The van der Waals surface area contributed by atoms with Gasteiger partial charge in [-0.05, 0) is 82.1 Å². The molecule has 1 atom stereocenters. The predicted molar refractivity (Wildman–Crippen MR) is 235 cm³/mol. The number of aryl methyl sites for hydroxylation is 5. The summed E-state index contributed by atoms with van der Waals surface area (Å²) in [5.74, 6) is 4.15. The summed E-state index contributed by atoms with van der Waals surface area (Å²) in [5, 5.41) is 9.64. The summed E-state index contributed by atoms with van der Waals surface area (Å²) in [5.41, 5.74) is 4.05. The second kappa shape index (κ2) is 33.3. The fourth-order valence-electron chi connectivity index (χ4n) is 7.81. The van der Waals surface area contributed by atoms with Crippen molar-refractivity contribution in [3.8, 4) is 0 Å². The molecule has 0 saturated heterocycles. The number of esters is 2. The molecule has 2 aromatic rings. The smallest absolute Gasteiger partial charge is 0.306 e. The number of hydrogen-bond acceptors (Lipinski definition) is 7. The second-order valence-corrected chi connectivity index (χ2v) is 17.0. The highest BCUT2D eigenvalue weighted by Gasteiger charge is 2.16. The van der Waals surface area contributed by atoms with Crippen LogP contribution in [0.2, 0.25) is 0 Å². The molecule has 0 unspecified atom stereocenters. The summed E-state index contributed by atoms with van der Waals surface area (Å²) in [6.07, 6.45) is 35.0. The van der Waals surface area contributed by atoms with Crippen molar-refractivity contribution in [2.75, 3.05) is 13.2 Å². The van der Waals surface area contributed by atoms with Crippen molar-refractivity contribution < 1.29 is 33.0 Å². The van der Waals surface area contributed by atoms with E-state index >= 15 is 0 Å². The minimum Gasteiger partial charge on any atom is -0.466 e. The van der Waals surface area contributed by atoms with Gasteiger partial charge in [0.05, 0.1) is 6.61 Å². The van der Waals surface area contributed by atoms with E-state index in [-0.39, 0.29) is 25.2 Å². The fraction of sp³-hybridized carbons (Fsp3) is 0.800. The largest absolute Gasteiger partial charge is 0.466 e. The molecule has 0 aliphatic carbocycles. The Labute approximate surface area is 349 Å². The van der Waals surface area contributed by atoms with Gasteiger partial charge in [-0.2, -0.15) is 0 Å². The van der Waals surface area contributed by atoms with Crippen molar-refractivity contribution >= 4 is 11.9 Å². The maximum atomic E-state index is 12.3. The average Bonchev–Trinajstić information content (AvgIpc) is 3.69. The Morgan fingerprint density at radius 2 is 0.930 bits per heavy atom. The standard InChI is InChI=1S/C50H86O7/c1-6-8-26-32-44-38-41(3)46(55-44)33-28-22-18-14-10-13-17-21-25-31-37-50(53)56-45(39-51)40-54-49(52)36-30-24-20-16-12-11-15-19-23-29-35-48-43(5)42(4)47(57-48)34-27-9-7-2/h38,45,51H,6-37,39-40H2,1-5H3/t45-/m0/s1. The van der Waals surface area contributed by atoms with Crippen LogP contribution in [0.4, 0.5) is 0 Å². The molecule has 0 radical (unpaired) electrons. The van der Waals surface area contributed by atoms with E-state index in [1.165, 1.54) is 162 Å². The van der Waals surface area contributed by atoms with Crippen LogP contribution < -0.4 is 0 Å². The van der Waals surface area contributed by atoms with Crippen LogP contribution in [0.15, 0.2) is 14.9 Å². The van der Waals surface area contributed by atoms with Gasteiger partial charge in [-0.3, -0.25) is 9.59 Å². The number of carbonyl (C=O) groups is 2. The lowest BCUT2D eigenvalue weighted by atomic mass is 10.0. The second-order valence-electron chi connectivity index (χ2n) is 17.0. The Bertz CT molecular complexity index is 1290. The summed E-state index contributed by atoms with van der Waals surface area (Å²) in [6, 6.07) is 2.24. The van der Waals surface area contributed by atoms with Crippen molar-refractivity contribution in [1.29, 1.82) is 0 Å². The zero-order chi connectivity index (χ0) is 41.4. The Kier molecular flexibility index (Phi) is 29.6. The lowest BCUT2D eigenvalue weighted by Crippen LogP contribution is -2.28. The molecule has 328 valence electrons. The Hall–Kier alpha value is -2.54. The van der Waals surface area contributed by atoms with Crippen molar-refractivity contribution in [3.05, 3.63) is 45.8 Å². The monoisotopic (exact) mass is 799 g/mol. The minimum atomic E-state index is -0.788. The quantitative estimate of drug-likeness (QED) is 0.0533. The van der Waals surface area contributed by atoms with Crippen LogP contribution in [0.5, 0.6) is 0 Å². The number of carbonyl (C=O) groups excluding carboxylic acids is 2. The van der Waals surface area contributed by atoms with Crippen LogP contribution in [-0.2, 0) is 44.7 Å². The first-order chi connectivity index (χ1) is 27.8. The van der Waals surface area contributed by atoms with E-state index in [2.05, 4.69) is 40.7 Å². The molecule has 0 aliphatic rings. The fourth-order valence-corrected chi connectivity index (χ4v) is 7.81.